The number of hydrogen-bond acceptors (Lipinski definition) is 5. The molecule has 2 heterocycles. The second-order valence-electron chi connectivity index (χ2n) is 3.55. The quantitative estimate of drug-likeness (QED) is 0.790. The molecule has 0 aliphatic carbocycles. The number of rotatable bonds is 2. The third kappa shape index (κ3) is 1.35. The lowest BCUT2D eigenvalue weighted by atomic mass is 10.2. The maximum absolute atomic E-state index is 10.9. The number of carbonyl (C=O) groups is 1. The first-order valence-corrected chi connectivity index (χ1v) is 4.60. The Morgan fingerprint density at radius 2 is 2.25 bits per heavy atom. The minimum Gasteiger partial charge on any atom is -0.475 e. The number of pyridine rings is 1. The van der Waals surface area contributed by atoms with Crippen molar-refractivity contribution in [1.82, 2.24) is 4.98 Å². The van der Waals surface area contributed by atoms with Gasteiger partial charge in [-0.2, -0.15) is 0 Å². The fraction of sp³-hybridized carbons (Fsp3) is 0.200. The molecular weight excluding hydrogens is 210 g/mol. The van der Waals surface area contributed by atoms with E-state index in [4.69, 9.17) is 15.3 Å². The van der Waals surface area contributed by atoms with Crippen LogP contribution in [0.1, 0.15) is 10.6 Å². The van der Waals surface area contributed by atoms with E-state index < -0.39 is 5.97 Å². The van der Waals surface area contributed by atoms with Gasteiger partial charge >= 0.3 is 5.97 Å². The number of aromatic nitrogens is 1. The molecule has 0 unspecified atom stereocenters. The molecule has 6 heteroatoms. The Morgan fingerprint density at radius 3 is 2.81 bits per heavy atom. The number of nitrogens with two attached hydrogens (primary N) is 1. The van der Waals surface area contributed by atoms with Crippen LogP contribution in [0.3, 0.4) is 0 Å². The van der Waals surface area contributed by atoms with Gasteiger partial charge in [-0.05, 0) is 6.07 Å². The summed E-state index contributed by atoms with van der Waals surface area (Å²) in [7, 11) is 3.67. The van der Waals surface area contributed by atoms with Crippen LogP contribution in [0.2, 0.25) is 0 Å². The fourth-order valence-corrected chi connectivity index (χ4v) is 1.56. The summed E-state index contributed by atoms with van der Waals surface area (Å²) in [5, 5.41) is 9.41. The number of nitrogen functional groups attached to an aromatic ring is 1. The number of fused-ring (bicyclic) bond motifs is 1. The lowest BCUT2D eigenvalue weighted by Gasteiger charge is -2.12. The van der Waals surface area contributed by atoms with Gasteiger partial charge in [0.15, 0.2) is 0 Å². The summed E-state index contributed by atoms with van der Waals surface area (Å²) in [6, 6.07) is 1.75. The molecular formula is C10H11N3O3. The fourth-order valence-electron chi connectivity index (χ4n) is 1.56. The molecule has 0 saturated carbocycles. The Morgan fingerprint density at radius 1 is 1.56 bits per heavy atom. The van der Waals surface area contributed by atoms with Crippen molar-refractivity contribution in [3.05, 3.63) is 18.0 Å². The molecule has 2 aromatic heterocycles. The summed E-state index contributed by atoms with van der Waals surface area (Å²) < 4.78 is 5.09. The van der Waals surface area contributed by atoms with Crippen molar-refractivity contribution in [3.8, 4) is 0 Å². The molecule has 0 aromatic carbocycles. The van der Waals surface area contributed by atoms with E-state index in [9.17, 15) is 4.79 Å². The van der Waals surface area contributed by atoms with E-state index in [0.717, 1.165) is 5.69 Å². The molecule has 0 spiro atoms. The molecule has 0 bridgehead atoms. The number of furan rings is 1. The zero-order chi connectivity index (χ0) is 11.9. The van der Waals surface area contributed by atoms with Gasteiger partial charge in [-0.15, -0.1) is 0 Å². The lowest BCUT2D eigenvalue weighted by Crippen LogP contribution is -2.09. The van der Waals surface area contributed by atoms with Crippen molar-refractivity contribution in [2.75, 3.05) is 24.7 Å². The Kier molecular flexibility index (Phi) is 2.19. The van der Waals surface area contributed by atoms with Gasteiger partial charge in [0.05, 0.1) is 16.8 Å². The van der Waals surface area contributed by atoms with Crippen molar-refractivity contribution >= 4 is 28.4 Å². The van der Waals surface area contributed by atoms with Crippen LogP contribution in [0.25, 0.3) is 11.1 Å². The molecule has 0 aliphatic heterocycles. The second kappa shape index (κ2) is 3.41. The van der Waals surface area contributed by atoms with Gasteiger partial charge in [-0.3, -0.25) is 0 Å². The molecule has 0 atom stereocenters. The summed E-state index contributed by atoms with van der Waals surface area (Å²) in [5.41, 5.74) is 6.86. The van der Waals surface area contributed by atoms with E-state index in [1.165, 1.54) is 0 Å². The van der Waals surface area contributed by atoms with Crippen LogP contribution in [-0.2, 0) is 0 Å². The second-order valence-corrected chi connectivity index (χ2v) is 3.55. The van der Waals surface area contributed by atoms with Crippen molar-refractivity contribution in [2.45, 2.75) is 0 Å². The highest BCUT2D eigenvalue weighted by molar-refractivity contribution is 6.06. The summed E-state index contributed by atoms with van der Waals surface area (Å²) in [6.07, 6.45) is 1.55. The van der Waals surface area contributed by atoms with Crippen molar-refractivity contribution in [3.63, 3.8) is 0 Å². The molecule has 2 rings (SSSR count). The van der Waals surface area contributed by atoms with E-state index in [1.54, 1.807) is 12.3 Å². The van der Waals surface area contributed by atoms with Crippen LogP contribution in [0, 0.1) is 0 Å². The van der Waals surface area contributed by atoms with Crippen LogP contribution in [0.5, 0.6) is 0 Å². The van der Waals surface area contributed by atoms with Gasteiger partial charge in [0.2, 0.25) is 11.5 Å². The first-order valence-electron chi connectivity index (χ1n) is 4.60. The van der Waals surface area contributed by atoms with Crippen molar-refractivity contribution < 1.29 is 14.3 Å². The third-order valence-electron chi connectivity index (χ3n) is 2.28. The number of aromatic carboxylic acids is 1. The average Bonchev–Trinajstić information content (AvgIpc) is 2.56. The van der Waals surface area contributed by atoms with Gasteiger partial charge in [-0.25, -0.2) is 9.78 Å². The molecule has 2 aromatic rings. The monoisotopic (exact) mass is 221 g/mol. The van der Waals surface area contributed by atoms with Crippen LogP contribution in [0.4, 0.5) is 11.4 Å². The number of carboxylic acids is 1. The number of anilines is 2. The Labute approximate surface area is 91.3 Å². The number of nitrogens with zero attached hydrogens (tertiary/aromatic N) is 2. The molecule has 0 saturated heterocycles. The van der Waals surface area contributed by atoms with Gasteiger partial charge in [0, 0.05) is 20.3 Å². The summed E-state index contributed by atoms with van der Waals surface area (Å²) in [4.78, 5) is 16.6. The number of hydrogen-bond donors (Lipinski definition) is 2. The first-order chi connectivity index (χ1) is 7.52. The zero-order valence-corrected chi connectivity index (χ0v) is 8.89. The average molecular weight is 221 g/mol. The predicted octanol–water partition coefficient (Wildman–Crippen LogP) is 1.17. The summed E-state index contributed by atoms with van der Waals surface area (Å²) in [6.45, 7) is 0. The minimum absolute atomic E-state index is 0.110. The van der Waals surface area contributed by atoms with Crippen LogP contribution in [-0.4, -0.2) is 30.2 Å². The Hall–Kier alpha value is -2.24. The molecule has 6 nitrogen and oxygen atoms in total. The van der Waals surface area contributed by atoms with E-state index in [2.05, 4.69) is 4.98 Å². The van der Waals surface area contributed by atoms with Gasteiger partial charge < -0.3 is 20.2 Å². The Bertz CT molecular complexity index is 560. The highest BCUT2D eigenvalue weighted by Crippen LogP contribution is 2.33. The molecule has 0 radical (unpaired) electrons. The molecule has 0 aliphatic rings. The van der Waals surface area contributed by atoms with Crippen LogP contribution in [0.15, 0.2) is 16.7 Å². The lowest BCUT2D eigenvalue weighted by molar-refractivity contribution is 0.0666. The molecule has 16 heavy (non-hydrogen) atoms. The predicted molar refractivity (Wildman–Crippen MR) is 59.7 cm³/mol. The van der Waals surface area contributed by atoms with Gasteiger partial charge in [0.1, 0.15) is 0 Å². The normalized spacial score (nSPS) is 10.6. The topological polar surface area (TPSA) is 92.6 Å². The standard InChI is InChI=1S/C10H11N3O3/c1-13(2)5-3-4-12-9-6(5)7(11)8(16-9)10(14)15/h3-4H,11H2,1-2H3,(H,14,15). The zero-order valence-electron chi connectivity index (χ0n) is 8.89. The molecule has 0 amide bonds. The minimum atomic E-state index is -1.19. The maximum Gasteiger partial charge on any atom is 0.374 e. The van der Waals surface area contributed by atoms with E-state index >= 15 is 0 Å². The highest BCUT2D eigenvalue weighted by atomic mass is 16.4. The third-order valence-corrected chi connectivity index (χ3v) is 2.28. The maximum atomic E-state index is 10.9. The van der Waals surface area contributed by atoms with E-state index in [0.29, 0.717) is 5.39 Å². The Balaban J connectivity index is 2.82. The van der Waals surface area contributed by atoms with Gasteiger partial charge in [0.25, 0.3) is 0 Å². The number of carboxylic acid groups (broad SMARTS) is 1. The van der Waals surface area contributed by atoms with E-state index in [-0.39, 0.29) is 17.2 Å². The highest BCUT2D eigenvalue weighted by Gasteiger charge is 2.21. The SMILES string of the molecule is CN(C)c1ccnc2oc(C(=O)O)c(N)c12. The first kappa shape index (κ1) is 10.3. The van der Waals surface area contributed by atoms with Gasteiger partial charge in [-0.1, -0.05) is 0 Å². The smallest absolute Gasteiger partial charge is 0.374 e. The molecule has 84 valence electrons. The summed E-state index contributed by atoms with van der Waals surface area (Å²) in [5.74, 6) is -1.46. The van der Waals surface area contributed by atoms with Crippen molar-refractivity contribution in [2.24, 2.45) is 0 Å². The van der Waals surface area contributed by atoms with E-state index in [1.807, 2.05) is 19.0 Å². The van der Waals surface area contributed by atoms with Crippen molar-refractivity contribution in [1.29, 1.82) is 0 Å². The van der Waals surface area contributed by atoms with Crippen LogP contribution >= 0.6 is 0 Å². The molecule has 3 N–H and O–H groups in total. The molecule has 0 fully saturated rings. The largest absolute Gasteiger partial charge is 0.475 e. The van der Waals surface area contributed by atoms with Crippen LogP contribution < -0.4 is 10.6 Å². The summed E-state index contributed by atoms with van der Waals surface area (Å²) >= 11 is 0.